The minimum Gasteiger partial charge on any atom is -0.566 e. The Morgan fingerprint density at radius 2 is 0.863 bits per heavy atom. The molecule has 0 fully saturated rings. The largest absolute Gasteiger partial charge is 0.566 e. The van der Waals surface area contributed by atoms with E-state index >= 15 is 26.3 Å². The predicted molar refractivity (Wildman–Crippen MR) is 238 cm³/mol. The number of nitrogens with one attached hydrogen (secondary N) is 3. The minimum absolute atomic E-state index is 0.0208. The van der Waals surface area contributed by atoms with Crippen molar-refractivity contribution in [2.24, 2.45) is 0 Å². The van der Waals surface area contributed by atoms with Gasteiger partial charge in [0, 0.05) is 11.1 Å². The van der Waals surface area contributed by atoms with Crippen LogP contribution in [0.15, 0.2) is 121 Å². The summed E-state index contributed by atoms with van der Waals surface area (Å²) in [5, 5.41) is 27.1. The van der Waals surface area contributed by atoms with Crippen LogP contribution in [0.5, 0.6) is 40.2 Å². The molecule has 0 saturated carbocycles. The van der Waals surface area contributed by atoms with Crippen LogP contribution in [0.4, 0.5) is 69.7 Å². The molecule has 0 aliphatic rings. The van der Waals surface area contributed by atoms with Crippen molar-refractivity contribution in [1.82, 2.24) is 0 Å². The highest BCUT2D eigenvalue weighted by Gasteiger charge is 2.73. The molecule has 73 heavy (non-hydrogen) atoms. The lowest BCUT2D eigenvalue weighted by atomic mass is 9.72. The van der Waals surface area contributed by atoms with Crippen LogP contribution < -0.4 is 34.8 Å². The van der Waals surface area contributed by atoms with E-state index in [1.54, 1.807) is 0 Å². The molecule has 0 aliphatic heterocycles. The summed E-state index contributed by atoms with van der Waals surface area (Å²) in [4.78, 5) is 39.8. The number of amides is 3. The van der Waals surface area contributed by atoms with Gasteiger partial charge in [-0.2, -0.15) is 52.7 Å². The predicted octanol–water partition coefficient (Wildman–Crippen LogP) is 11.9. The van der Waals surface area contributed by atoms with Crippen molar-refractivity contribution in [3.05, 3.63) is 155 Å². The van der Waals surface area contributed by atoms with Crippen molar-refractivity contribution in [2.45, 2.75) is 42.5 Å². The number of carbonyl (C=O) groups excluding carboxylic acids is 3. The molecule has 12 nitrogen and oxygen atoms in total. The van der Waals surface area contributed by atoms with E-state index in [4.69, 9.17) is 22.3 Å². The van der Waals surface area contributed by atoms with E-state index in [0.29, 0.717) is 48.5 Å². The van der Waals surface area contributed by atoms with Crippen molar-refractivity contribution in [2.75, 3.05) is 30.2 Å². The fourth-order valence-corrected chi connectivity index (χ4v) is 7.38. The molecule has 0 unspecified atom stereocenters. The SMILES string of the molecule is [B]Oc1ccc(C(c2ccc(O)c(NC(=O)c3c(OC)cccc3OC)c2)(C(F)(F)F)C(F)(F)F)cc1NC(=O)c1ccc(Oc2ccc(C(=O)Nc3cc(C(C)(C(F)(F)F)C(F)(F)F)ccc3O)cc2)cc1. The summed E-state index contributed by atoms with van der Waals surface area (Å²) in [6, 6.07) is 17.3. The number of rotatable bonds is 14. The zero-order valence-corrected chi connectivity index (χ0v) is 37.4. The summed E-state index contributed by atoms with van der Waals surface area (Å²) < 4.78 is 195. The van der Waals surface area contributed by atoms with E-state index in [0.717, 1.165) is 24.3 Å². The number of hydrogen-bond donors (Lipinski definition) is 5. The molecule has 2 radical (unpaired) electrons. The number of aromatic hydroxyl groups is 2. The highest BCUT2D eigenvalue weighted by molar-refractivity contribution is 6.09. The van der Waals surface area contributed by atoms with Gasteiger partial charge in [0.15, 0.2) is 5.41 Å². The topological polar surface area (TPSA) is 165 Å². The van der Waals surface area contributed by atoms with E-state index in [1.165, 1.54) is 56.7 Å². The second-order valence-corrected chi connectivity index (χ2v) is 15.7. The number of alkyl halides is 12. The number of halogens is 12. The van der Waals surface area contributed by atoms with Crippen LogP contribution in [0.25, 0.3) is 0 Å². The highest BCUT2D eigenvalue weighted by atomic mass is 19.4. The lowest BCUT2D eigenvalue weighted by molar-refractivity contribution is -0.297. The van der Waals surface area contributed by atoms with Crippen molar-refractivity contribution < 1.29 is 96.1 Å². The normalized spacial score (nSPS) is 12.4. The molecule has 6 aromatic carbocycles. The van der Waals surface area contributed by atoms with E-state index in [-0.39, 0.29) is 52.7 Å². The minimum atomic E-state index is -6.21. The van der Waals surface area contributed by atoms with Crippen LogP contribution in [-0.2, 0) is 10.8 Å². The average molecular weight is 1040 g/mol. The molecule has 0 atom stereocenters. The van der Waals surface area contributed by atoms with Gasteiger partial charge in [-0.3, -0.25) is 14.4 Å². The number of hydrogen-bond acceptors (Lipinski definition) is 9. The lowest BCUT2D eigenvalue weighted by Crippen LogP contribution is -2.54. The van der Waals surface area contributed by atoms with E-state index in [2.05, 4.69) is 20.6 Å². The molecule has 0 spiro atoms. The molecule has 5 N–H and O–H groups in total. The lowest BCUT2D eigenvalue weighted by Gasteiger charge is -2.38. The quantitative estimate of drug-likeness (QED) is 0.0406. The van der Waals surface area contributed by atoms with Crippen LogP contribution in [0, 0.1) is 0 Å². The Balaban J connectivity index is 1.22. The number of phenols is 2. The number of carbonyl (C=O) groups is 3. The van der Waals surface area contributed by atoms with Crippen molar-refractivity contribution in [3.63, 3.8) is 0 Å². The molecule has 6 aromatic rings. The Bertz CT molecular complexity index is 2990. The Morgan fingerprint density at radius 3 is 1.27 bits per heavy atom. The van der Waals surface area contributed by atoms with Crippen LogP contribution >= 0.6 is 0 Å². The van der Waals surface area contributed by atoms with E-state index in [1.807, 2.05) is 0 Å². The first-order chi connectivity index (χ1) is 34.0. The first kappa shape index (κ1) is 54.1. The van der Waals surface area contributed by atoms with Gasteiger partial charge in [-0.05, 0) is 121 Å². The highest BCUT2D eigenvalue weighted by Crippen LogP contribution is 2.58. The molecule has 382 valence electrons. The molecule has 0 aromatic heterocycles. The molecule has 0 heterocycles. The summed E-state index contributed by atoms with van der Waals surface area (Å²) in [5.41, 5.74) is -16.8. The summed E-state index contributed by atoms with van der Waals surface area (Å²) in [6.45, 7) is -0.0938. The first-order valence-electron chi connectivity index (χ1n) is 20.5. The fourth-order valence-electron chi connectivity index (χ4n) is 7.38. The maximum absolute atomic E-state index is 15.3. The van der Waals surface area contributed by atoms with Gasteiger partial charge >= 0.3 is 32.8 Å². The van der Waals surface area contributed by atoms with Crippen molar-refractivity contribution in [3.8, 4) is 40.2 Å². The van der Waals surface area contributed by atoms with Crippen molar-refractivity contribution in [1.29, 1.82) is 0 Å². The van der Waals surface area contributed by atoms with Gasteiger partial charge in [0.2, 0.25) is 5.41 Å². The summed E-state index contributed by atoms with van der Waals surface area (Å²) in [5.74, 6) is -5.81. The number of anilines is 3. The van der Waals surface area contributed by atoms with Gasteiger partial charge in [0.25, 0.3) is 17.7 Å². The maximum Gasteiger partial charge on any atom is 0.411 e. The van der Waals surface area contributed by atoms with Gasteiger partial charge < -0.3 is 45.0 Å². The molecule has 0 saturated heterocycles. The van der Waals surface area contributed by atoms with E-state index in [9.17, 15) is 50.9 Å². The zero-order valence-electron chi connectivity index (χ0n) is 37.4. The molecule has 0 bridgehead atoms. The first-order valence-corrected chi connectivity index (χ1v) is 20.5. The van der Waals surface area contributed by atoms with Gasteiger partial charge in [-0.15, -0.1) is 0 Å². The molecular formula is C48H34BF12N3O9. The summed E-state index contributed by atoms with van der Waals surface area (Å²) in [7, 11) is 7.64. The Hall–Kier alpha value is -8.25. The Kier molecular flexibility index (Phi) is 14.9. The van der Waals surface area contributed by atoms with Gasteiger partial charge in [-0.25, -0.2) is 0 Å². The Morgan fingerprint density at radius 1 is 0.479 bits per heavy atom. The fraction of sp³-hybridized carbons (Fsp3) is 0.188. The Labute approximate surface area is 405 Å². The second kappa shape index (κ2) is 20.1. The third-order valence-corrected chi connectivity index (χ3v) is 11.4. The van der Waals surface area contributed by atoms with Gasteiger partial charge in [0.1, 0.15) is 45.8 Å². The summed E-state index contributed by atoms with van der Waals surface area (Å²) in [6.07, 6.45) is -24.1. The van der Waals surface area contributed by atoms with Crippen LogP contribution in [0.3, 0.4) is 0 Å². The number of benzene rings is 6. The smallest absolute Gasteiger partial charge is 0.411 e. The molecule has 3 amide bonds. The van der Waals surface area contributed by atoms with Crippen LogP contribution in [-0.4, -0.2) is 74.9 Å². The van der Waals surface area contributed by atoms with Crippen molar-refractivity contribution >= 4 is 42.8 Å². The molecule has 0 aliphatic carbocycles. The van der Waals surface area contributed by atoms with Crippen LogP contribution in [0.2, 0.25) is 0 Å². The standard InChI is InChI=1S/C48H34BF12N3O9/c1-43(45(50,51)52,46(53,54)55)26-11-18-34(65)31(21-26)62-40(67)24-7-14-29(15-8-24)72-30-16-9-25(10-17-30)41(68)64-33-23-28(13-20-36(33)73-49)44(47(56,57)58,48(59,60)61)27-12-19-35(66)32(22-27)63-42(69)39-37(70-2)5-4-6-38(39)71-3/h4-23,65-66H,1-3H3,(H,62,67)(H,63,69)(H,64,68). The van der Waals surface area contributed by atoms with E-state index < -0.39 is 104 Å². The average Bonchev–Trinajstić information content (AvgIpc) is 3.31. The number of phenolic OH excluding ortho intramolecular Hbond substituents is 2. The second-order valence-electron chi connectivity index (χ2n) is 15.7. The van der Waals surface area contributed by atoms with Gasteiger partial charge in [0.05, 0.1) is 31.3 Å². The number of ether oxygens (including phenoxy) is 3. The monoisotopic (exact) mass is 1040 g/mol. The third kappa shape index (κ3) is 10.4. The number of methoxy groups -OCH3 is 2. The maximum atomic E-state index is 15.3. The zero-order chi connectivity index (χ0) is 54.1. The molecular weight excluding hydrogens is 1000 g/mol. The molecule has 25 heteroatoms. The van der Waals surface area contributed by atoms with Crippen LogP contribution in [0.1, 0.15) is 54.7 Å². The summed E-state index contributed by atoms with van der Waals surface area (Å²) >= 11 is 0. The van der Waals surface area contributed by atoms with Gasteiger partial charge in [-0.1, -0.05) is 24.3 Å². The third-order valence-electron chi connectivity index (χ3n) is 11.4. The molecule has 6 rings (SSSR count).